The SMILES string of the molecule is CCOC(=O)CC(C)(C)CCc1sc(C)c(C)c1C(=O)CCc1ccc(C)cc1. The lowest BCUT2D eigenvalue weighted by Gasteiger charge is -2.23. The summed E-state index contributed by atoms with van der Waals surface area (Å²) in [5.74, 6) is 0.0797. The van der Waals surface area contributed by atoms with Gasteiger partial charge in [-0.3, -0.25) is 9.59 Å². The molecule has 0 aliphatic heterocycles. The highest BCUT2D eigenvalue weighted by Gasteiger charge is 2.25. The molecule has 0 atom stereocenters. The first-order valence-electron chi connectivity index (χ1n) is 10.5. The summed E-state index contributed by atoms with van der Waals surface area (Å²) in [4.78, 5) is 27.3. The predicted octanol–water partition coefficient (Wildman–Crippen LogP) is 6.40. The molecule has 4 heteroatoms. The molecule has 0 spiro atoms. The maximum atomic E-state index is 13.1. The fraction of sp³-hybridized carbons (Fsp3) is 0.520. The van der Waals surface area contributed by atoms with Crippen LogP contribution in [0.15, 0.2) is 24.3 Å². The maximum Gasteiger partial charge on any atom is 0.306 e. The molecule has 0 radical (unpaired) electrons. The zero-order chi connectivity index (χ0) is 21.6. The number of hydrogen-bond donors (Lipinski definition) is 0. The molecule has 0 saturated carbocycles. The third-order valence-electron chi connectivity index (χ3n) is 5.46. The number of Topliss-reactive ketones (excluding diaryl/α,β-unsaturated/α-hetero) is 1. The number of aryl methyl sites for hydroxylation is 4. The van der Waals surface area contributed by atoms with Crippen molar-refractivity contribution >= 4 is 23.1 Å². The summed E-state index contributed by atoms with van der Waals surface area (Å²) >= 11 is 1.73. The standard InChI is InChI=1S/C25H34O3S/c1-7-28-23(27)16-25(5,6)15-14-22-24(18(3)19(4)29-22)21(26)13-12-20-10-8-17(2)9-11-20/h8-11H,7,12-16H2,1-6H3. The number of ether oxygens (including phenoxy) is 1. The van der Waals surface area contributed by atoms with E-state index in [1.54, 1.807) is 11.3 Å². The molecule has 0 aliphatic rings. The molecule has 0 aliphatic carbocycles. The van der Waals surface area contributed by atoms with E-state index in [0.717, 1.165) is 35.3 Å². The predicted molar refractivity (Wildman–Crippen MR) is 121 cm³/mol. The summed E-state index contributed by atoms with van der Waals surface area (Å²) < 4.78 is 5.11. The molecular weight excluding hydrogens is 380 g/mol. The monoisotopic (exact) mass is 414 g/mol. The Bertz CT molecular complexity index is 844. The van der Waals surface area contributed by atoms with E-state index in [-0.39, 0.29) is 17.2 Å². The first-order chi connectivity index (χ1) is 13.6. The van der Waals surface area contributed by atoms with Crippen LogP contribution in [0.2, 0.25) is 0 Å². The molecule has 0 N–H and O–H groups in total. The molecular formula is C25H34O3S. The number of thiophene rings is 1. The van der Waals surface area contributed by atoms with Crippen LogP contribution in [-0.4, -0.2) is 18.4 Å². The molecule has 1 aromatic carbocycles. The van der Waals surface area contributed by atoms with Crippen LogP contribution in [0.5, 0.6) is 0 Å². The number of carbonyl (C=O) groups is 2. The molecule has 1 aromatic heterocycles. The second kappa shape index (κ2) is 10.2. The van der Waals surface area contributed by atoms with Crippen molar-refractivity contribution in [1.29, 1.82) is 0 Å². The van der Waals surface area contributed by atoms with E-state index in [9.17, 15) is 9.59 Å². The maximum absolute atomic E-state index is 13.1. The molecule has 0 amide bonds. The first kappa shape index (κ1) is 23.3. The second-order valence-corrected chi connectivity index (χ2v) is 9.95. The quantitative estimate of drug-likeness (QED) is 0.334. The van der Waals surface area contributed by atoms with Gasteiger partial charge in [-0.1, -0.05) is 43.7 Å². The number of hydrogen-bond acceptors (Lipinski definition) is 4. The molecule has 0 saturated heterocycles. The number of esters is 1. The van der Waals surface area contributed by atoms with Crippen molar-refractivity contribution in [3.63, 3.8) is 0 Å². The normalized spacial score (nSPS) is 11.5. The third kappa shape index (κ3) is 6.81. The Morgan fingerprint density at radius 3 is 2.31 bits per heavy atom. The van der Waals surface area contributed by atoms with Crippen molar-refractivity contribution in [2.45, 2.75) is 73.6 Å². The lowest BCUT2D eigenvalue weighted by molar-refractivity contribution is -0.145. The van der Waals surface area contributed by atoms with Crippen LogP contribution in [0.3, 0.4) is 0 Å². The molecule has 3 nitrogen and oxygen atoms in total. The Morgan fingerprint density at radius 2 is 1.69 bits per heavy atom. The van der Waals surface area contributed by atoms with Crippen LogP contribution in [0.1, 0.15) is 76.8 Å². The largest absolute Gasteiger partial charge is 0.466 e. The minimum Gasteiger partial charge on any atom is -0.466 e. The molecule has 2 aromatic rings. The topological polar surface area (TPSA) is 43.4 Å². The zero-order valence-corrected chi connectivity index (χ0v) is 19.5. The van der Waals surface area contributed by atoms with Crippen LogP contribution in [0, 0.1) is 26.2 Å². The Labute approximate surface area is 179 Å². The summed E-state index contributed by atoms with van der Waals surface area (Å²) in [5, 5.41) is 0. The average Bonchev–Trinajstić information content (AvgIpc) is 2.93. The van der Waals surface area contributed by atoms with Crippen molar-refractivity contribution in [2.24, 2.45) is 5.41 Å². The lowest BCUT2D eigenvalue weighted by Crippen LogP contribution is -2.20. The lowest BCUT2D eigenvalue weighted by atomic mass is 9.83. The Hall–Kier alpha value is -1.94. The van der Waals surface area contributed by atoms with Crippen molar-refractivity contribution < 1.29 is 14.3 Å². The first-order valence-corrected chi connectivity index (χ1v) is 11.3. The molecule has 158 valence electrons. The smallest absolute Gasteiger partial charge is 0.306 e. The highest BCUT2D eigenvalue weighted by Crippen LogP contribution is 2.34. The Balaban J connectivity index is 2.06. The van der Waals surface area contributed by atoms with Crippen LogP contribution in [0.4, 0.5) is 0 Å². The van der Waals surface area contributed by atoms with Crippen molar-refractivity contribution in [3.05, 3.63) is 56.3 Å². The van der Waals surface area contributed by atoms with Gasteiger partial charge in [0.15, 0.2) is 5.78 Å². The van der Waals surface area contributed by atoms with E-state index in [2.05, 4.69) is 58.9 Å². The van der Waals surface area contributed by atoms with E-state index in [1.165, 1.54) is 16.0 Å². The van der Waals surface area contributed by atoms with E-state index in [1.807, 2.05) is 6.92 Å². The minimum absolute atomic E-state index is 0.148. The molecule has 1 heterocycles. The Kier molecular flexibility index (Phi) is 8.21. The summed E-state index contributed by atoms with van der Waals surface area (Å²) in [6, 6.07) is 8.40. The number of carbonyl (C=O) groups excluding carboxylic acids is 2. The molecule has 29 heavy (non-hydrogen) atoms. The van der Waals surface area contributed by atoms with Gasteiger partial charge in [-0.05, 0) is 63.5 Å². The number of ketones is 1. The van der Waals surface area contributed by atoms with Gasteiger partial charge in [0.25, 0.3) is 0 Å². The third-order valence-corrected chi connectivity index (χ3v) is 6.72. The summed E-state index contributed by atoms with van der Waals surface area (Å²) in [6.07, 6.45) is 3.36. The van der Waals surface area contributed by atoms with Crippen molar-refractivity contribution in [2.75, 3.05) is 6.61 Å². The highest BCUT2D eigenvalue weighted by molar-refractivity contribution is 7.12. The van der Waals surface area contributed by atoms with Gasteiger partial charge < -0.3 is 4.74 Å². The average molecular weight is 415 g/mol. The fourth-order valence-electron chi connectivity index (χ4n) is 3.52. The van der Waals surface area contributed by atoms with E-state index in [4.69, 9.17) is 4.74 Å². The van der Waals surface area contributed by atoms with Gasteiger partial charge in [-0.2, -0.15) is 0 Å². The van der Waals surface area contributed by atoms with Crippen molar-refractivity contribution in [1.82, 2.24) is 0 Å². The fourth-order valence-corrected chi connectivity index (χ4v) is 4.72. The summed E-state index contributed by atoms with van der Waals surface area (Å²) in [5.41, 5.74) is 4.30. The van der Waals surface area contributed by atoms with Gasteiger partial charge in [0.2, 0.25) is 0 Å². The highest BCUT2D eigenvalue weighted by atomic mass is 32.1. The number of benzene rings is 1. The number of rotatable bonds is 10. The van der Waals surface area contributed by atoms with E-state index in [0.29, 0.717) is 19.4 Å². The van der Waals surface area contributed by atoms with E-state index < -0.39 is 0 Å². The van der Waals surface area contributed by atoms with Crippen LogP contribution >= 0.6 is 11.3 Å². The molecule has 0 fully saturated rings. The molecule has 0 bridgehead atoms. The van der Waals surface area contributed by atoms with Crippen LogP contribution < -0.4 is 0 Å². The van der Waals surface area contributed by atoms with Gasteiger partial charge in [0.05, 0.1) is 13.0 Å². The zero-order valence-electron chi connectivity index (χ0n) is 18.7. The van der Waals surface area contributed by atoms with Crippen LogP contribution in [-0.2, 0) is 22.4 Å². The van der Waals surface area contributed by atoms with Gasteiger partial charge in [-0.25, -0.2) is 0 Å². The van der Waals surface area contributed by atoms with Crippen LogP contribution in [0.25, 0.3) is 0 Å². The second-order valence-electron chi connectivity index (χ2n) is 8.64. The molecule has 0 unspecified atom stereocenters. The summed E-state index contributed by atoms with van der Waals surface area (Å²) in [7, 11) is 0. The minimum atomic E-state index is -0.153. The Morgan fingerprint density at radius 1 is 1.03 bits per heavy atom. The van der Waals surface area contributed by atoms with Gasteiger partial charge >= 0.3 is 5.97 Å². The van der Waals surface area contributed by atoms with E-state index >= 15 is 0 Å². The van der Waals surface area contributed by atoms with Gasteiger partial charge in [0.1, 0.15) is 0 Å². The molecule has 2 rings (SSSR count). The van der Waals surface area contributed by atoms with Gasteiger partial charge in [-0.15, -0.1) is 11.3 Å². The van der Waals surface area contributed by atoms with Gasteiger partial charge in [0, 0.05) is 21.7 Å². The summed E-state index contributed by atoms with van der Waals surface area (Å²) in [6.45, 7) is 12.6. The van der Waals surface area contributed by atoms with Crippen molar-refractivity contribution in [3.8, 4) is 0 Å².